The van der Waals surface area contributed by atoms with Crippen molar-refractivity contribution in [1.29, 1.82) is 0 Å². The van der Waals surface area contributed by atoms with Gasteiger partial charge in [0.1, 0.15) is 0 Å². The quantitative estimate of drug-likeness (QED) is 0.871. The lowest BCUT2D eigenvalue weighted by Crippen LogP contribution is -2.26. The van der Waals surface area contributed by atoms with Gasteiger partial charge in [-0.25, -0.2) is 0 Å². The van der Waals surface area contributed by atoms with Gasteiger partial charge in [0, 0.05) is 15.1 Å². The highest BCUT2D eigenvalue weighted by Gasteiger charge is 2.11. The molecule has 0 aliphatic rings. The first-order chi connectivity index (χ1) is 9.06. The minimum absolute atomic E-state index is 0.0881. The number of hydrogen-bond acceptors (Lipinski definition) is 1. The fourth-order valence-electron chi connectivity index (χ4n) is 1.74. The Morgan fingerprint density at radius 1 is 1.21 bits per heavy atom. The Balaban J connectivity index is 2.08. The average Bonchev–Trinajstić information content (AvgIpc) is 2.39. The van der Waals surface area contributed by atoms with Crippen LogP contribution in [-0.4, -0.2) is 5.91 Å². The molecular weight excluding hydrogens is 326 g/mol. The molecule has 0 saturated carbocycles. The average molecular weight is 339 g/mol. The third-order valence-corrected chi connectivity index (χ3v) is 3.57. The number of benzene rings is 2. The molecule has 0 aliphatic carbocycles. The van der Waals surface area contributed by atoms with Crippen LogP contribution >= 0.6 is 27.5 Å². The van der Waals surface area contributed by atoms with E-state index in [4.69, 9.17) is 11.6 Å². The third-order valence-electron chi connectivity index (χ3n) is 2.80. The zero-order chi connectivity index (χ0) is 13.8. The molecule has 2 nitrogen and oxygen atoms in total. The van der Waals surface area contributed by atoms with Crippen LogP contribution < -0.4 is 5.32 Å². The molecule has 19 heavy (non-hydrogen) atoms. The molecule has 0 bridgehead atoms. The van der Waals surface area contributed by atoms with E-state index < -0.39 is 0 Å². The Kier molecular flexibility index (Phi) is 4.61. The Morgan fingerprint density at radius 2 is 1.89 bits per heavy atom. The number of hydrogen-bond donors (Lipinski definition) is 1. The van der Waals surface area contributed by atoms with Gasteiger partial charge in [-0.05, 0) is 48.9 Å². The predicted octanol–water partition coefficient (Wildman–Crippen LogP) is 4.59. The summed E-state index contributed by atoms with van der Waals surface area (Å²) in [5.41, 5.74) is 1.62. The van der Waals surface area contributed by atoms with Crippen LogP contribution in [0.3, 0.4) is 0 Å². The van der Waals surface area contributed by atoms with E-state index >= 15 is 0 Å². The van der Waals surface area contributed by atoms with E-state index in [-0.39, 0.29) is 11.9 Å². The van der Waals surface area contributed by atoms with E-state index in [9.17, 15) is 4.79 Å². The van der Waals surface area contributed by atoms with Crippen molar-refractivity contribution >= 4 is 33.4 Å². The molecule has 2 aromatic rings. The van der Waals surface area contributed by atoms with Crippen LogP contribution in [0, 0.1) is 0 Å². The smallest absolute Gasteiger partial charge is 0.251 e. The van der Waals surface area contributed by atoms with Gasteiger partial charge < -0.3 is 5.32 Å². The zero-order valence-electron chi connectivity index (χ0n) is 10.4. The first-order valence-corrected chi connectivity index (χ1v) is 7.05. The summed E-state index contributed by atoms with van der Waals surface area (Å²) in [5.74, 6) is -0.0972. The summed E-state index contributed by atoms with van der Waals surface area (Å²) in [5, 5.41) is 3.61. The standard InChI is InChI=1S/C15H13BrClNO/c1-10(12-3-2-4-14(17)9-12)18-15(19)11-5-7-13(16)8-6-11/h2-10H,1H3,(H,18,19). The van der Waals surface area contributed by atoms with Crippen molar-refractivity contribution < 1.29 is 4.79 Å². The summed E-state index contributed by atoms with van der Waals surface area (Å²) >= 11 is 9.29. The molecule has 1 atom stereocenters. The zero-order valence-corrected chi connectivity index (χ0v) is 12.7. The van der Waals surface area contributed by atoms with Gasteiger partial charge in [-0.2, -0.15) is 0 Å². The van der Waals surface area contributed by atoms with Gasteiger partial charge in [-0.15, -0.1) is 0 Å². The summed E-state index contributed by atoms with van der Waals surface area (Å²) in [6.07, 6.45) is 0. The fourth-order valence-corrected chi connectivity index (χ4v) is 2.20. The van der Waals surface area contributed by atoms with Crippen LogP contribution in [0.5, 0.6) is 0 Å². The SMILES string of the molecule is CC(NC(=O)c1ccc(Br)cc1)c1cccc(Cl)c1. The topological polar surface area (TPSA) is 29.1 Å². The molecule has 1 amide bonds. The summed E-state index contributed by atoms with van der Waals surface area (Å²) < 4.78 is 0.951. The number of carbonyl (C=O) groups is 1. The molecule has 0 spiro atoms. The van der Waals surface area contributed by atoms with Gasteiger partial charge in [-0.3, -0.25) is 4.79 Å². The second kappa shape index (κ2) is 6.22. The van der Waals surface area contributed by atoms with Crippen molar-refractivity contribution in [2.24, 2.45) is 0 Å². The maximum atomic E-state index is 12.1. The highest BCUT2D eigenvalue weighted by Crippen LogP contribution is 2.18. The summed E-state index contributed by atoms with van der Waals surface area (Å²) in [6.45, 7) is 1.93. The molecule has 2 rings (SSSR count). The molecule has 4 heteroatoms. The molecule has 2 aromatic carbocycles. The third kappa shape index (κ3) is 3.82. The molecule has 1 unspecified atom stereocenters. The largest absolute Gasteiger partial charge is 0.346 e. The van der Waals surface area contributed by atoms with E-state index in [0.717, 1.165) is 10.0 Å². The molecular formula is C15H13BrClNO. The van der Waals surface area contributed by atoms with E-state index in [1.165, 1.54) is 0 Å². The van der Waals surface area contributed by atoms with Gasteiger partial charge in [0.15, 0.2) is 0 Å². The number of rotatable bonds is 3. The molecule has 0 fully saturated rings. The first kappa shape index (κ1) is 14.1. The second-order valence-corrected chi connectivity index (χ2v) is 5.61. The van der Waals surface area contributed by atoms with Gasteiger partial charge >= 0.3 is 0 Å². The van der Waals surface area contributed by atoms with E-state index in [0.29, 0.717) is 10.6 Å². The maximum Gasteiger partial charge on any atom is 0.251 e. The normalized spacial score (nSPS) is 11.9. The van der Waals surface area contributed by atoms with E-state index in [2.05, 4.69) is 21.2 Å². The number of nitrogens with one attached hydrogen (secondary N) is 1. The van der Waals surface area contributed by atoms with Crippen LogP contribution in [0.1, 0.15) is 28.9 Å². The molecule has 0 heterocycles. The molecule has 98 valence electrons. The highest BCUT2D eigenvalue weighted by atomic mass is 79.9. The van der Waals surface area contributed by atoms with Crippen LogP contribution in [0.2, 0.25) is 5.02 Å². The fraction of sp³-hybridized carbons (Fsp3) is 0.133. The van der Waals surface area contributed by atoms with Crippen molar-refractivity contribution in [3.63, 3.8) is 0 Å². The summed E-state index contributed by atoms with van der Waals surface area (Å²) in [6, 6.07) is 14.7. The number of carbonyl (C=O) groups excluding carboxylic acids is 1. The Morgan fingerprint density at radius 3 is 2.53 bits per heavy atom. The Labute approximate surface area is 125 Å². The van der Waals surface area contributed by atoms with E-state index in [1.807, 2.05) is 43.3 Å². The summed E-state index contributed by atoms with van der Waals surface area (Å²) in [7, 11) is 0. The lowest BCUT2D eigenvalue weighted by atomic mass is 10.1. The van der Waals surface area contributed by atoms with Crippen molar-refractivity contribution in [3.8, 4) is 0 Å². The molecule has 0 radical (unpaired) electrons. The minimum atomic E-state index is -0.0972. The number of halogens is 2. The molecule has 0 saturated heterocycles. The van der Waals surface area contributed by atoms with Gasteiger partial charge in [0.25, 0.3) is 5.91 Å². The predicted molar refractivity (Wildman–Crippen MR) is 81.5 cm³/mol. The molecule has 1 N–H and O–H groups in total. The Hall–Kier alpha value is -1.32. The van der Waals surface area contributed by atoms with Crippen LogP contribution in [0.4, 0.5) is 0 Å². The van der Waals surface area contributed by atoms with Gasteiger partial charge in [0.05, 0.1) is 6.04 Å². The second-order valence-electron chi connectivity index (χ2n) is 4.26. The molecule has 0 aliphatic heterocycles. The Bertz CT molecular complexity index is 583. The minimum Gasteiger partial charge on any atom is -0.346 e. The molecule has 0 aromatic heterocycles. The van der Waals surface area contributed by atoms with Crippen LogP contribution in [0.25, 0.3) is 0 Å². The van der Waals surface area contributed by atoms with E-state index in [1.54, 1.807) is 12.1 Å². The highest BCUT2D eigenvalue weighted by molar-refractivity contribution is 9.10. The summed E-state index contributed by atoms with van der Waals surface area (Å²) in [4.78, 5) is 12.1. The van der Waals surface area contributed by atoms with Crippen molar-refractivity contribution in [2.45, 2.75) is 13.0 Å². The van der Waals surface area contributed by atoms with Gasteiger partial charge in [-0.1, -0.05) is 39.7 Å². The maximum absolute atomic E-state index is 12.1. The van der Waals surface area contributed by atoms with Crippen molar-refractivity contribution in [3.05, 3.63) is 69.2 Å². The number of amides is 1. The van der Waals surface area contributed by atoms with Crippen LogP contribution in [-0.2, 0) is 0 Å². The lowest BCUT2D eigenvalue weighted by Gasteiger charge is -2.14. The van der Waals surface area contributed by atoms with Crippen LogP contribution in [0.15, 0.2) is 53.0 Å². The monoisotopic (exact) mass is 337 g/mol. The lowest BCUT2D eigenvalue weighted by molar-refractivity contribution is 0.0940. The first-order valence-electron chi connectivity index (χ1n) is 5.88. The van der Waals surface area contributed by atoms with Crippen molar-refractivity contribution in [2.75, 3.05) is 0 Å². The van der Waals surface area contributed by atoms with Gasteiger partial charge in [0.2, 0.25) is 0 Å². The van der Waals surface area contributed by atoms with Crippen molar-refractivity contribution in [1.82, 2.24) is 5.32 Å².